The Kier molecular flexibility index (Phi) is 7.89. The zero-order chi connectivity index (χ0) is 21.6. The zero-order valence-corrected chi connectivity index (χ0v) is 18.4. The second-order valence-corrected chi connectivity index (χ2v) is 9.33. The van der Waals surface area contributed by atoms with E-state index in [1.165, 1.54) is 12.5 Å². The van der Waals surface area contributed by atoms with Crippen LogP contribution in [0.5, 0.6) is 0 Å². The molecule has 1 aliphatic carbocycles. The summed E-state index contributed by atoms with van der Waals surface area (Å²) < 4.78 is 0. The van der Waals surface area contributed by atoms with E-state index < -0.39 is 6.10 Å². The molecule has 3 atom stereocenters. The molecule has 3 rings (SSSR count). The SMILES string of the molecule is CC(=O)N[C@H]1CC[C@](CNC(=O)CN2CCC(C)CC2)(c2ccccc2)CC[C@@H]1O. The van der Waals surface area contributed by atoms with E-state index in [0.717, 1.165) is 44.7 Å². The highest BCUT2D eigenvalue weighted by Gasteiger charge is 2.38. The number of amides is 2. The topological polar surface area (TPSA) is 81.7 Å². The summed E-state index contributed by atoms with van der Waals surface area (Å²) in [5.74, 6) is 0.707. The van der Waals surface area contributed by atoms with E-state index in [1.54, 1.807) is 0 Å². The third kappa shape index (κ3) is 6.05. The number of aliphatic hydroxyl groups is 1. The van der Waals surface area contributed by atoms with Crippen LogP contribution in [0.25, 0.3) is 0 Å². The molecular weight excluding hydrogens is 378 g/mol. The van der Waals surface area contributed by atoms with Crippen molar-refractivity contribution < 1.29 is 14.7 Å². The minimum atomic E-state index is -0.564. The summed E-state index contributed by atoms with van der Waals surface area (Å²) in [7, 11) is 0. The number of nitrogens with one attached hydrogen (secondary N) is 2. The molecule has 1 saturated carbocycles. The number of hydrogen-bond donors (Lipinski definition) is 3. The van der Waals surface area contributed by atoms with Crippen LogP contribution < -0.4 is 10.6 Å². The summed E-state index contributed by atoms with van der Waals surface area (Å²) in [6.45, 7) is 6.75. The van der Waals surface area contributed by atoms with E-state index in [-0.39, 0.29) is 23.3 Å². The molecule has 0 aromatic heterocycles. The maximum absolute atomic E-state index is 12.7. The van der Waals surface area contributed by atoms with Gasteiger partial charge in [0.25, 0.3) is 0 Å². The average Bonchev–Trinajstić information content (AvgIpc) is 2.89. The molecular formula is C24H37N3O3. The molecule has 2 aliphatic rings. The number of carbonyl (C=O) groups is 2. The van der Waals surface area contributed by atoms with Crippen LogP contribution >= 0.6 is 0 Å². The van der Waals surface area contributed by atoms with Gasteiger partial charge >= 0.3 is 0 Å². The Labute approximate surface area is 180 Å². The number of nitrogens with zero attached hydrogens (tertiary/aromatic N) is 1. The fourth-order valence-electron chi connectivity index (χ4n) is 4.91. The van der Waals surface area contributed by atoms with E-state index in [9.17, 15) is 14.7 Å². The molecule has 1 heterocycles. The summed E-state index contributed by atoms with van der Waals surface area (Å²) >= 11 is 0. The number of hydrogen-bond acceptors (Lipinski definition) is 4. The Morgan fingerprint density at radius 2 is 1.77 bits per heavy atom. The minimum Gasteiger partial charge on any atom is -0.391 e. The summed E-state index contributed by atoms with van der Waals surface area (Å²) in [6, 6.07) is 10.0. The maximum Gasteiger partial charge on any atom is 0.234 e. The van der Waals surface area contributed by atoms with Crippen molar-refractivity contribution in [2.24, 2.45) is 5.92 Å². The molecule has 1 aromatic carbocycles. The monoisotopic (exact) mass is 415 g/mol. The fourth-order valence-corrected chi connectivity index (χ4v) is 4.91. The number of piperidine rings is 1. The molecule has 0 spiro atoms. The van der Waals surface area contributed by atoms with Gasteiger partial charge in [-0.2, -0.15) is 0 Å². The van der Waals surface area contributed by atoms with Gasteiger partial charge in [-0.1, -0.05) is 37.3 Å². The van der Waals surface area contributed by atoms with E-state index in [2.05, 4.69) is 34.6 Å². The molecule has 6 nitrogen and oxygen atoms in total. The van der Waals surface area contributed by atoms with E-state index in [0.29, 0.717) is 25.9 Å². The number of rotatable bonds is 6. The lowest BCUT2D eigenvalue weighted by molar-refractivity contribution is -0.123. The van der Waals surface area contributed by atoms with Gasteiger partial charge in [-0.15, -0.1) is 0 Å². The first kappa shape index (κ1) is 22.8. The second-order valence-electron chi connectivity index (χ2n) is 9.33. The summed E-state index contributed by atoms with van der Waals surface area (Å²) in [4.78, 5) is 26.5. The molecule has 1 aromatic rings. The molecule has 0 unspecified atom stereocenters. The first-order chi connectivity index (χ1) is 14.4. The molecule has 30 heavy (non-hydrogen) atoms. The van der Waals surface area contributed by atoms with Crippen LogP contribution in [0.3, 0.4) is 0 Å². The van der Waals surface area contributed by atoms with Gasteiger partial charge in [0.1, 0.15) is 0 Å². The molecule has 1 saturated heterocycles. The Bertz CT molecular complexity index is 703. The second kappa shape index (κ2) is 10.4. The van der Waals surface area contributed by atoms with Gasteiger partial charge in [0.2, 0.25) is 11.8 Å². The third-order valence-electron chi connectivity index (χ3n) is 6.96. The highest BCUT2D eigenvalue weighted by molar-refractivity contribution is 5.78. The van der Waals surface area contributed by atoms with Crippen molar-refractivity contribution >= 4 is 11.8 Å². The van der Waals surface area contributed by atoms with E-state index in [4.69, 9.17) is 0 Å². The Morgan fingerprint density at radius 3 is 2.43 bits per heavy atom. The standard InChI is InChI=1S/C24H37N3O3/c1-18-10-14-27(15-11-18)16-23(30)25-17-24(20-6-4-3-5-7-20)12-8-21(26-19(2)28)22(29)9-13-24/h3-7,18,21-22,29H,8-17H2,1-2H3,(H,25,30)(H,26,28)/t21-,22-,24-/m0/s1. The molecule has 166 valence electrons. The van der Waals surface area contributed by atoms with Crippen molar-refractivity contribution in [1.29, 1.82) is 0 Å². The van der Waals surface area contributed by atoms with Gasteiger partial charge in [-0.05, 0) is 63.1 Å². The largest absolute Gasteiger partial charge is 0.391 e. The minimum absolute atomic E-state index is 0.0723. The van der Waals surface area contributed by atoms with Gasteiger partial charge in [0, 0.05) is 18.9 Å². The normalized spacial score (nSPS) is 28.5. The predicted octanol–water partition coefficient (Wildman–Crippen LogP) is 2.21. The molecule has 0 radical (unpaired) electrons. The van der Waals surface area contributed by atoms with Crippen molar-refractivity contribution in [2.75, 3.05) is 26.2 Å². The van der Waals surface area contributed by atoms with Crippen molar-refractivity contribution in [3.05, 3.63) is 35.9 Å². The number of benzene rings is 1. The van der Waals surface area contributed by atoms with Gasteiger partial charge in [-0.3, -0.25) is 14.5 Å². The lowest BCUT2D eigenvalue weighted by atomic mass is 9.74. The van der Waals surface area contributed by atoms with Crippen LogP contribution in [0.15, 0.2) is 30.3 Å². The third-order valence-corrected chi connectivity index (χ3v) is 6.96. The predicted molar refractivity (Wildman–Crippen MR) is 118 cm³/mol. The Balaban J connectivity index is 1.67. The number of carbonyl (C=O) groups excluding carboxylic acids is 2. The summed E-state index contributed by atoms with van der Waals surface area (Å²) in [6.07, 6.45) is 4.62. The Morgan fingerprint density at radius 1 is 1.10 bits per heavy atom. The molecule has 0 bridgehead atoms. The highest BCUT2D eigenvalue weighted by atomic mass is 16.3. The fraction of sp³-hybridized carbons (Fsp3) is 0.667. The quantitative estimate of drug-likeness (QED) is 0.622. The van der Waals surface area contributed by atoms with Gasteiger partial charge < -0.3 is 15.7 Å². The van der Waals surface area contributed by atoms with Gasteiger partial charge in [-0.25, -0.2) is 0 Å². The number of aliphatic hydroxyl groups excluding tert-OH is 1. The van der Waals surface area contributed by atoms with E-state index in [1.807, 2.05) is 18.2 Å². The van der Waals surface area contributed by atoms with Crippen molar-refractivity contribution in [3.63, 3.8) is 0 Å². The van der Waals surface area contributed by atoms with Crippen LogP contribution in [-0.2, 0) is 15.0 Å². The molecule has 2 fully saturated rings. The zero-order valence-electron chi connectivity index (χ0n) is 18.4. The Hall–Kier alpha value is -1.92. The van der Waals surface area contributed by atoms with Crippen molar-refractivity contribution in [2.45, 2.75) is 69.9 Å². The average molecular weight is 416 g/mol. The molecule has 2 amide bonds. The summed E-state index contributed by atoms with van der Waals surface area (Å²) in [5, 5.41) is 16.7. The lowest BCUT2D eigenvalue weighted by Crippen LogP contribution is -2.46. The van der Waals surface area contributed by atoms with Crippen LogP contribution in [0.2, 0.25) is 0 Å². The van der Waals surface area contributed by atoms with Crippen LogP contribution in [0.4, 0.5) is 0 Å². The van der Waals surface area contributed by atoms with Gasteiger partial charge in [0.15, 0.2) is 0 Å². The van der Waals surface area contributed by atoms with Gasteiger partial charge in [0.05, 0.1) is 18.7 Å². The highest BCUT2D eigenvalue weighted by Crippen LogP contribution is 2.38. The molecule has 3 N–H and O–H groups in total. The molecule has 1 aliphatic heterocycles. The lowest BCUT2D eigenvalue weighted by Gasteiger charge is -2.35. The van der Waals surface area contributed by atoms with Crippen LogP contribution in [0, 0.1) is 5.92 Å². The molecule has 6 heteroatoms. The summed E-state index contributed by atoms with van der Waals surface area (Å²) in [5.41, 5.74) is 0.953. The van der Waals surface area contributed by atoms with Crippen molar-refractivity contribution in [3.8, 4) is 0 Å². The first-order valence-corrected chi connectivity index (χ1v) is 11.4. The first-order valence-electron chi connectivity index (χ1n) is 11.4. The van der Waals surface area contributed by atoms with Crippen molar-refractivity contribution in [1.82, 2.24) is 15.5 Å². The van der Waals surface area contributed by atoms with Crippen LogP contribution in [-0.4, -0.2) is 60.1 Å². The number of likely N-dealkylation sites (tertiary alicyclic amines) is 1. The van der Waals surface area contributed by atoms with E-state index >= 15 is 0 Å². The van der Waals surface area contributed by atoms with Crippen LogP contribution in [0.1, 0.15) is 57.9 Å². The maximum atomic E-state index is 12.7. The smallest absolute Gasteiger partial charge is 0.234 e.